The van der Waals surface area contributed by atoms with Crippen LogP contribution in [0.4, 0.5) is 0 Å². The van der Waals surface area contributed by atoms with Crippen LogP contribution in [0.15, 0.2) is 30.3 Å². The van der Waals surface area contributed by atoms with Crippen molar-refractivity contribution in [1.29, 1.82) is 5.41 Å². The fraction of sp³-hybridized carbons (Fsp3) is 0.786. The molecule has 0 bridgehead atoms. The topological polar surface area (TPSA) is 434 Å². The summed E-state index contributed by atoms with van der Waals surface area (Å²) in [7, 11) is -21.0. The fourth-order valence-electron chi connectivity index (χ4n) is 10.1. The molecule has 0 heterocycles. The zero-order valence-electron chi connectivity index (χ0n) is 55.1. The number of carbonyl (C=O) groups excluding carboxylic acids is 5. The lowest BCUT2D eigenvalue weighted by Gasteiger charge is -2.32. The molecule has 12 N–H and O–H groups in total. The van der Waals surface area contributed by atoms with Gasteiger partial charge in [0.05, 0.1) is 62.5 Å². The third-order valence-electron chi connectivity index (χ3n) is 14.2. The Hall–Kier alpha value is -4.65. The van der Waals surface area contributed by atoms with Crippen molar-refractivity contribution in [3.8, 4) is 0 Å². The zero-order chi connectivity index (χ0) is 69.1. The molecule has 0 radical (unpaired) electrons. The third kappa shape index (κ3) is 34.3. The summed E-state index contributed by atoms with van der Waals surface area (Å²) in [4.78, 5) is 68.3. The second kappa shape index (κ2) is 39.1. The summed E-state index contributed by atoms with van der Waals surface area (Å²) < 4.78 is 141. The van der Waals surface area contributed by atoms with Gasteiger partial charge in [-0.15, -0.1) is 0 Å². The van der Waals surface area contributed by atoms with Crippen LogP contribution >= 0.6 is 0 Å². The zero-order valence-corrected chi connectivity index (χ0v) is 59.2. The summed E-state index contributed by atoms with van der Waals surface area (Å²) in [6.45, 7) is 14.3. The standard InChI is InChI=1S/C56H108N14O15S5/c1-14-45(11)50(65-55(75)35-66(86(12,76)77)29-47(21-18-23-61-56(59)60)62-53(73)36-68(88(80,81)24-22-57)28-44(10)25-40(2)3)32-67(87(13,78)79)34-52(72)63-49(27-42(6)7)31-70(89(82,83)38-43(8)9)37-54(74)64-48(26-41(4)5)30-69(33-51(58)71)90(84,85)39-46-19-16-15-17-20-46/h15-17,19-20,40-45,47-50H,14,18,21-39,57H2,1-13H3,(H2,58,71)(H,62,73)(H,63,72)(H,64,74)(H,65,75)(H4,59,60,61)/t44-,45?,47-,48-,49-,50+/m0/s1. The Morgan fingerprint density at radius 3 is 1.37 bits per heavy atom. The highest BCUT2D eigenvalue weighted by atomic mass is 32.2. The Morgan fingerprint density at radius 1 is 0.522 bits per heavy atom. The number of primary amides is 1. The van der Waals surface area contributed by atoms with E-state index in [1.807, 2.05) is 34.6 Å². The molecule has 29 nitrogen and oxygen atoms in total. The summed E-state index contributed by atoms with van der Waals surface area (Å²) in [5.41, 5.74) is 17.0. The molecule has 1 unspecified atom stereocenters. The number of sulfonamides is 5. The van der Waals surface area contributed by atoms with Crippen LogP contribution in [0.2, 0.25) is 0 Å². The van der Waals surface area contributed by atoms with Crippen molar-refractivity contribution >= 4 is 85.6 Å². The van der Waals surface area contributed by atoms with Gasteiger partial charge in [0.2, 0.25) is 79.7 Å². The molecule has 34 heteroatoms. The van der Waals surface area contributed by atoms with Crippen molar-refractivity contribution in [3.63, 3.8) is 0 Å². The average molecular weight is 1380 g/mol. The number of nitrogens with two attached hydrogens (primary N) is 3. The SMILES string of the molecule is CCC(C)[C@@H](CN(CC(=O)N[C@@H](CC(C)C)CN(CC(=O)N[C@@H](CC(C)C)CN(CC(N)=O)S(=O)(=O)Cc1ccccc1)S(=O)(=O)CC(C)C)S(C)(=O)=O)NC(=O)CN(C[C@H](CCCNC(=N)N)NC(=O)CN(C[C@@H](C)CC(C)C)S(=O)(=O)CCN)S(C)(=O)=O. The highest BCUT2D eigenvalue weighted by Crippen LogP contribution is 2.19. The first-order chi connectivity index (χ1) is 41.4. The van der Waals surface area contributed by atoms with Gasteiger partial charge in [-0.1, -0.05) is 113 Å². The van der Waals surface area contributed by atoms with Crippen molar-refractivity contribution in [3.05, 3.63) is 35.9 Å². The summed E-state index contributed by atoms with van der Waals surface area (Å²) in [6.07, 6.45) is 3.39. The average Bonchev–Trinajstić information content (AvgIpc) is 1.00. The largest absolute Gasteiger partial charge is 0.370 e. The lowest BCUT2D eigenvalue weighted by Crippen LogP contribution is -2.55. The Morgan fingerprint density at radius 2 is 0.944 bits per heavy atom. The number of carbonyl (C=O) groups is 5. The van der Waals surface area contributed by atoms with Crippen LogP contribution in [0, 0.1) is 40.9 Å². The Balaban J connectivity index is 3.60. The molecule has 1 aromatic rings. The van der Waals surface area contributed by atoms with E-state index in [0.29, 0.717) is 18.4 Å². The molecular formula is C56H108N14O15S5. The Bertz CT molecular complexity index is 3020. The summed E-state index contributed by atoms with van der Waals surface area (Å²) in [6, 6.07) is 4.26. The number of benzene rings is 1. The van der Waals surface area contributed by atoms with Gasteiger partial charge in [0.1, 0.15) is 0 Å². The number of amides is 5. The van der Waals surface area contributed by atoms with Crippen LogP contribution in [0.25, 0.3) is 0 Å². The monoisotopic (exact) mass is 1380 g/mol. The van der Waals surface area contributed by atoms with Crippen LogP contribution in [0.5, 0.6) is 0 Å². The van der Waals surface area contributed by atoms with E-state index in [-0.39, 0.29) is 81.5 Å². The van der Waals surface area contributed by atoms with E-state index in [9.17, 15) is 66.1 Å². The molecule has 0 aliphatic carbocycles. The summed E-state index contributed by atoms with van der Waals surface area (Å²) in [5.74, 6) is -7.02. The first-order valence-electron chi connectivity index (χ1n) is 30.5. The van der Waals surface area contributed by atoms with Crippen LogP contribution in [-0.4, -0.2) is 226 Å². The second-order valence-corrected chi connectivity index (χ2v) is 35.3. The maximum absolute atomic E-state index is 14.2. The number of nitrogens with zero attached hydrogens (tertiary/aromatic N) is 5. The van der Waals surface area contributed by atoms with Gasteiger partial charge in [0.25, 0.3) is 0 Å². The minimum absolute atomic E-state index is 0.0135. The van der Waals surface area contributed by atoms with Gasteiger partial charge in [0, 0.05) is 70.0 Å². The quantitative estimate of drug-likeness (QED) is 0.0230. The number of rotatable bonds is 47. The molecule has 1 aromatic carbocycles. The Kier molecular flexibility index (Phi) is 36.3. The minimum atomic E-state index is -4.28. The van der Waals surface area contributed by atoms with Crippen LogP contribution in [0.3, 0.4) is 0 Å². The lowest BCUT2D eigenvalue weighted by molar-refractivity contribution is -0.123. The van der Waals surface area contributed by atoms with Crippen molar-refractivity contribution in [1.82, 2.24) is 48.1 Å². The molecule has 90 heavy (non-hydrogen) atoms. The molecule has 0 fully saturated rings. The van der Waals surface area contributed by atoms with E-state index >= 15 is 0 Å². The molecule has 0 saturated carbocycles. The minimum Gasteiger partial charge on any atom is -0.370 e. The van der Waals surface area contributed by atoms with E-state index in [1.165, 1.54) is 0 Å². The smallest absolute Gasteiger partial charge is 0.235 e. The maximum Gasteiger partial charge on any atom is 0.235 e. The number of guanidine groups is 1. The van der Waals surface area contributed by atoms with Gasteiger partial charge in [-0.25, -0.2) is 42.1 Å². The van der Waals surface area contributed by atoms with Crippen molar-refractivity contribution < 1.29 is 66.1 Å². The highest BCUT2D eigenvalue weighted by molar-refractivity contribution is 7.89. The van der Waals surface area contributed by atoms with Crippen LogP contribution in [-0.2, 0) is 79.8 Å². The summed E-state index contributed by atoms with van der Waals surface area (Å²) in [5, 5.41) is 21.2. The molecule has 0 saturated heterocycles. The van der Waals surface area contributed by atoms with Crippen molar-refractivity contribution in [2.45, 2.75) is 145 Å². The molecule has 0 aliphatic heterocycles. The molecule has 5 amide bonds. The number of hydrogen-bond acceptors (Lipinski definition) is 17. The van der Waals surface area contributed by atoms with Crippen LogP contribution in [0.1, 0.15) is 120 Å². The lowest BCUT2D eigenvalue weighted by atomic mass is 9.99. The van der Waals surface area contributed by atoms with E-state index < -0.39 is 185 Å². The van der Waals surface area contributed by atoms with Crippen LogP contribution < -0.4 is 43.8 Å². The second-order valence-electron chi connectivity index (χ2n) is 25.3. The highest BCUT2D eigenvalue weighted by Gasteiger charge is 2.36. The number of hydrogen-bond donors (Lipinski definition) is 9. The van der Waals surface area contributed by atoms with Crippen molar-refractivity contribution in [2.75, 3.05) is 103 Å². The first kappa shape index (κ1) is 83.4. The van der Waals surface area contributed by atoms with E-state index in [1.54, 1.807) is 71.9 Å². The number of nitrogens with one attached hydrogen (secondary N) is 6. The van der Waals surface area contributed by atoms with Crippen molar-refractivity contribution in [2.24, 2.45) is 52.7 Å². The van der Waals surface area contributed by atoms with Gasteiger partial charge >= 0.3 is 0 Å². The first-order valence-corrected chi connectivity index (χ1v) is 39.0. The summed E-state index contributed by atoms with van der Waals surface area (Å²) >= 11 is 0. The predicted molar refractivity (Wildman–Crippen MR) is 351 cm³/mol. The maximum atomic E-state index is 14.2. The molecule has 6 atom stereocenters. The fourth-order valence-corrected chi connectivity index (χ4v) is 16.4. The van der Waals surface area contributed by atoms with Gasteiger partial charge in [0.15, 0.2) is 5.96 Å². The van der Waals surface area contributed by atoms with Gasteiger partial charge in [-0.2, -0.15) is 21.5 Å². The Labute approximate surface area is 538 Å². The normalized spacial score (nSPS) is 14.9. The van der Waals surface area contributed by atoms with E-state index in [4.69, 9.17) is 22.6 Å². The molecule has 0 aromatic heterocycles. The van der Waals surface area contributed by atoms with Gasteiger partial charge < -0.3 is 43.8 Å². The predicted octanol–water partition coefficient (Wildman–Crippen LogP) is -0.272. The molecule has 522 valence electrons. The molecule has 0 spiro atoms. The molecular weight excluding hydrogens is 1270 g/mol. The van der Waals surface area contributed by atoms with Gasteiger partial charge in [-0.3, -0.25) is 29.4 Å². The van der Waals surface area contributed by atoms with E-state index in [2.05, 4.69) is 26.6 Å². The third-order valence-corrected chi connectivity index (χ3v) is 22.4. The molecule has 0 aliphatic rings. The molecule has 1 rings (SSSR count). The van der Waals surface area contributed by atoms with E-state index in [0.717, 1.165) is 34.0 Å². The van der Waals surface area contributed by atoms with Gasteiger partial charge in [-0.05, 0) is 73.2 Å².